The van der Waals surface area contributed by atoms with Crippen molar-refractivity contribution in [2.24, 2.45) is 5.92 Å². The molecular weight excluding hydrogens is 492 g/mol. The van der Waals surface area contributed by atoms with E-state index in [9.17, 15) is 4.79 Å². The van der Waals surface area contributed by atoms with E-state index in [4.69, 9.17) is 16.3 Å². The van der Waals surface area contributed by atoms with Crippen LogP contribution in [0.25, 0.3) is 0 Å². The number of carbonyl (C=O) groups is 1. The molecule has 2 aromatic carbocycles. The predicted molar refractivity (Wildman–Crippen MR) is 145 cm³/mol. The molecule has 36 heavy (non-hydrogen) atoms. The van der Waals surface area contributed by atoms with Gasteiger partial charge < -0.3 is 14.5 Å². The predicted octanol–water partition coefficient (Wildman–Crippen LogP) is 5.35. The molecular formula is C28H31ClN4O2S. The minimum Gasteiger partial charge on any atom is -0.378 e. The van der Waals surface area contributed by atoms with Gasteiger partial charge in [0, 0.05) is 43.6 Å². The van der Waals surface area contributed by atoms with Crippen molar-refractivity contribution in [3.63, 3.8) is 0 Å². The number of ether oxygens (including phenoxy) is 1. The second kappa shape index (κ2) is 12.1. The number of halogens is 1. The lowest BCUT2D eigenvalue weighted by molar-refractivity contribution is 0.0690. The first-order valence-corrected chi connectivity index (χ1v) is 13.9. The van der Waals surface area contributed by atoms with Crippen LogP contribution in [0.2, 0.25) is 5.15 Å². The molecule has 0 bridgehead atoms. The number of thioether (sulfide) groups is 1. The molecule has 2 aliphatic rings. The van der Waals surface area contributed by atoms with Crippen molar-refractivity contribution in [2.75, 3.05) is 44.3 Å². The number of likely N-dealkylation sites (tertiary alicyclic amines) is 1. The lowest BCUT2D eigenvalue weighted by atomic mass is 9.90. The summed E-state index contributed by atoms with van der Waals surface area (Å²) in [4.78, 5) is 26.3. The molecule has 0 unspecified atom stereocenters. The highest BCUT2D eigenvalue weighted by atomic mass is 35.5. The first-order valence-electron chi connectivity index (χ1n) is 12.6. The van der Waals surface area contributed by atoms with Crippen molar-refractivity contribution >= 4 is 35.1 Å². The van der Waals surface area contributed by atoms with Gasteiger partial charge in [-0.3, -0.25) is 4.79 Å². The molecule has 0 spiro atoms. The Balaban J connectivity index is 1.13. The number of piperidine rings is 1. The maximum atomic E-state index is 13.1. The Morgan fingerprint density at radius 2 is 1.67 bits per heavy atom. The summed E-state index contributed by atoms with van der Waals surface area (Å²) in [6, 6.07) is 20.4. The molecule has 2 aliphatic heterocycles. The fourth-order valence-corrected chi connectivity index (χ4v) is 5.80. The van der Waals surface area contributed by atoms with Gasteiger partial charge in [0.15, 0.2) is 5.16 Å². The van der Waals surface area contributed by atoms with Crippen LogP contribution in [0.1, 0.15) is 34.3 Å². The van der Waals surface area contributed by atoms with Gasteiger partial charge in [0.25, 0.3) is 5.91 Å². The molecule has 8 heteroatoms. The van der Waals surface area contributed by atoms with Crippen LogP contribution in [-0.2, 0) is 16.9 Å². The lowest BCUT2D eigenvalue weighted by Gasteiger charge is -2.32. The first kappa shape index (κ1) is 25.1. The maximum Gasteiger partial charge on any atom is 0.253 e. The van der Waals surface area contributed by atoms with Gasteiger partial charge in [-0.1, -0.05) is 65.8 Å². The summed E-state index contributed by atoms with van der Waals surface area (Å²) in [5, 5.41) is 1.10. The molecule has 3 heterocycles. The summed E-state index contributed by atoms with van der Waals surface area (Å²) in [7, 11) is 0. The maximum absolute atomic E-state index is 13.1. The number of aromatic nitrogens is 2. The van der Waals surface area contributed by atoms with E-state index in [0.29, 0.717) is 35.2 Å². The van der Waals surface area contributed by atoms with E-state index in [0.717, 1.165) is 62.4 Å². The lowest BCUT2D eigenvalue weighted by Crippen LogP contribution is -2.38. The number of hydrogen-bond donors (Lipinski definition) is 0. The van der Waals surface area contributed by atoms with Crippen molar-refractivity contribution in [3.8, 4) is 0 Å². The zero-order chi connectivity index (χ0) is 24.7. The molecule has 0 atom stereocenters. The molecule has 0 radical (unpaired) electrons. The van der Waals surface area contributed by atoms with Gasteiger partial charge in [-0.15, -0.1) is 0 Å². The minimum atomic E-state index is 0.126. The molecule has 0 N–H and O–H groups in total. The van der Waals surface area contributed by atoms with Crippen LogP contribution in [0.4, 0.5) is 5.82 Å². The van der Waals surface area contributed by atoms with Gasteiger partial charge in [0.1, 0.15) is 11.0 Å². The third kappa shape index (κ3) is 6.58. The van der Waals surface area contributed by atoms with Gasteiger partial charge in [0.2, 0.25) is 0 Å². The molecule has 6 nitrogen and oxygen atoms in total. The Bertz CT molecular complexity index is 1150. The average molecular weight is 523 g/mol. The fraction of sp³-hybridized carbons (Fsp3) is 0.393. The normalized spacial score (nSPS) is 16.8. The average Bonchev–Trinajstić information content (AvgIpc) is 2.93. The summed E-state index contributed by atoms with van der Waals surface area (Å²) in [5.41, 5.74) is 3.25. The van der Waals surface area contributed by atoms with Gasteiger partial charge in [-0.2, -0.15) is 0 Å². The molecule has 188 valence electrons. The van der Waals surface area contributed by atoms with E-state index in [1.54, 1.807) is 11.8 Å². The third-order valence-electron chi connectivity index (χ3n) is 6.83. The summed E-state index contributed by atoms with van der Waals surface area (Å²) in [5.74, 6) is 2.32. The highest BCUT2D eigenvalue weighted by Crippen LogP contribution is 2.26. The standard InChI is InChI=1S/C28H31ClN4O2S/c29-25-19-26(32-14-16-35-17-15-32)31-28(30-25)36-20-23-6-8-24(9-7-23)27(34)33-12-10-22(11-13-33)18-21-4-2-1-3-5-21/h1-9,19,22H,10-18,20H2. The highest BCUT2D eigenvalue weighted by molar-refractivity contribution is 7.98. The van der Waals surface area contributed by atoms with Crippen LogP contribution >= 0.6 is 23.4 Å². The molecule has 0 saturated carbocycles. The number of anilines is 1. The highest BCUT2D eigenvalue weighted by Gasteiger charge is 2.24. The number of benzene rings is 2. The Kier molecular flexibility index (Phi) is 8.41. The number of rotatable bonds is 7. The molecule has 0 aliphatic carbocycles. The number of amides is 1. The largest absolute Gasteiger partial charge is 0.378 e. The van der Waals surface area contributed by atoms with Crippen molar-refractivity contribution in [1.29, 1.82) is 0 Å². The number of hydrogen-bond acceptors (Lipinski definition) is 6. The van der Waals surface area contributed by atoms with E-state index < -0.39 is 0 Å². The van der Waals surface area contributed by atoms with Crippen LogP contribution in [0, 0.1) is 5.92 Å². The van der Waals surface area contributed by atoms with E-state index in [1.807, 2.05) is 35.2 Å². The number of nitrogens with zero attached hydrogens (tertiary/aromatic N) is 4. The summed E-state index contributed by atoms with van der Waals surface area (Å²) < 4.78 is 5.43. The zero-order valence-electron chi connectivity index (χ0n) is 20.3. The second-order valence-electron chi connectivity index (χ2n) is 9.34. The summed E-state index contributed by atoms with van der Waals surface area (Å²) in [6.07, 6.45) is 3.21. The minimum absolute atomic E-state index is 0.126. The smallest absolute Gasteiger partial charge is 0.253 e. The quantitative estimate of drug-likeness (QED) is 0.237. The van der Waals surface area contributed by atoms with Crippen molar-refractivity contribution in [2.45, 2.75) is 30.2 Å². The Morgan fingerprint density at radius 1 is 0.944 bits per heavy atom. The SMILES string of the molecule is O=C(c1ccc(CSc2nc(Cl)cc(N3CCOCC3)n2)cc1)N1CCC(Cc2ccccc2)CC1. The van der Waals surface area contributed by atoms with E-state index >= 15 is 0 Å². The van der Waals surface area contributed by atoms with Gasteiger partial charge in [-0.25, -0.2) is 9.97 Å². The number of carbonyl (C=O) groups excluding carboxylic acids is 1. The molecule has 2 fully saturated rings. The topological polar surface area (TPSA) is 58.6 Å². The van der Waals surface area contributed by atoms with Crippen molar-refractivity contribution in [3.05, 3.63) is 82.5 Å². The van der Waals surface area contributed by atoms with Crippen LogP contribution in [0.15, 0.2) is 65.8 Å². The van der Waals surface area contributed by atoms with Gasteiger partial charge in [-0.05, 0) is 48.4 Å². The summed E-state index contributed by atoms with van der Waals surface area (Å²) in [6.45, 7) is 4.65. The van der Waals surface area contributed by atoms with Gasteiger partial charge in [0.05, 0.1) is 13.2 Å². The first-order chi connectivity index (χ1) is 17.6. The number of morpholine rings is 1. The van der Waals surface area contributed by atoms with Crippen molar-refractivity contribution in [1.82, 2.24) is 14.9 Å². The fourth-order valence-electron chi connectivity index (χ4n) is 4.77. The zero-order valence-corrected chi connectivity index (χ0v) is 21.9. The Labute approximate surface area is 222 Å². The van der Waals surface area contributed by atoms with Crippen LogP contribution in [0.3, 0.4) is 0 Å². The monoisotopic (exact) mass is 522 g/mol. The molecule has 5 rings (SSSR count). The van der Waals surface area contributed by atoms with Crippen LogP contribution in [-0.4, -0.2) is 60.2 Å². The molecule has 3 aromatic rings. The van der Waals surface area contributed by atoms with E-state index in [2.05, 4.69) is 45.2 Å². The summed E-state index contributed by atoms with van der Waals surface area (Å²) >= 11 is 7.81. The molecule has 2 saturated heterocycles. The van der Waals surface area contributed by atoms with Crippen molar-refractivity contribution < 1.29 is 9.53 Å². The van der Waals surface area contributed by atoms with Gasteiger partial charge >= 0.3 is 0 Å². The van der Waals surface area contributed by atoms with Crippen LogP contribution < -0.4 is 4.90 Å². The second-order valence-corrected chi connectivity index (χ2v) is 10.7. The molecule has 1 aromatic heterocycles. The van der Waals surface area contributed by atoms with E-state index in [1.165, 1.54) is 5.56 Å². The van der Waals surface area contributed by atoms with E-state index in [-0.39, 0.29) is 5.91 Å². The third-order valence-corrected chi connectivity index (χ3v) is 7.95. The Morgan fingerprint density at radius 3 is 2.39 bits per heavy atom. The molecule has 1 amide bonds. The van der Waals surface area contributed by atoms with Crippen LogP contribution in [0.5, 0.6) is 0 Å². The Hall–Kier alpha value is -2.61.